The highest BCUT2D eigenvalue weighted by molar-refractivity contribution is 5.77. The minimum absolute atomic E-state index is 0.000967. The molecule has 1 saturated heterocycles. The molecular formula is C16H19NO2. The number of esters is 1. The van der Waals surface area contributed by atoms with Gasteiger partial charge in [-0.25, -0.2) is 0 Å². The fourth-order valence-corrected chi connectivity index (χ4v) is 4.44. The molecule has 3 nitrogen and oxygen atoms in total. The van der Waals surface area contributed by atoms with Crippen molar-refractivity contribution in [2.45, 2.75) is 31.5 Å². The Labute approximate surface area is 113 Å². The summed E-state index contributed by atoms with van der Waals surface area (Å²) < 4.78 is 5.04. The molecule has 3 aliphatic rings. The first kappa shape index (κ1) is 11.5. The number of ether oxygens (including phenoxy) is 1. The van der Waals surface area contributed by atoms with E-state index in [-0.39, 0.29) is 12.0 Å². The Kier molecular flexibility index (Phi) is 2.46. The van der Waals surface area contributed by atoms with Crippen molar-refractivity contribution in [2.75, 3.05) is 7.11 Å². The van der Waals surface area contributed by atoms with Gasteiger partial charge in [-0.1, -0.05) is 30.3 Å². The molecule has 19 heavy (non-hydrogen) atoms. The Hall–Kier alpha value is -1.35. The van der Waals surface area contributed by atoms with E-state index >= 15 is 0 Å². The topological polar surface area (TPSA) is 29.5 Å². The van der Waals surface area contributed by atoms with Gasteiger partial charge in [0.1, 0.15) is 6.04 Å². The molecular weight excluding hydrogens is 238 g/mol. The van der Waals surface area contributed by atoms with Crippen LogP contribution in [0.2, 0.25) is 0 Å². The summed E-state index contributed by atoms with van der Waals surface area (Å²) >= 11 is 0. The van der Waals surface area contributed by atoms with Crippen LogP contribution in [0.1, 0.15) is 18.4 Å². The number of rotatable bonds is 3. The zero-order valence-corrected chi connectivity index (χ0v) is 11.2. The number of benzene rings is 1. The van der Waals surface area contributed by atoms with Gasteiger partial charge in [0, 0.05) is 12.6 Å². The number of methoxy groups -OCH3 is 1. The molecule has 0 aromatic heterocycles. The van der Waals surface area contributed by atoms with Crippen LogP contribution in [-0.2, 0) is 16.1 Å². The zero-order valence-electron chi connectivity index (χ0n) is 11.2. The van der Waals surface area contributed by atoms with Crippen molar-refractivity contribution in [3.8, 4) is 0 Å². The monoisotopic (exact) mass is 257 g/mol. The van der Waals surface area contributed by atoms with Crippen LogP contribution in [0.25, 0.3) is 0 Å². The van der Waals surface area contributed by atoms with Gasteiger partial charge in [-0.05, 0) is 36.2 Å². The van der Waals surface area contributed by atoms with Crippen LogP contribution in [0, 0.1) is 17.8 Å². The largest absolute Gasteiger partial charge is 0.468 e. The first-order chi connectivity index (χ1) is 9.29. The summed E-state index contributed by atoms with van der Waals surface area (Å²) in [6, 6.07) is 11.1. The molecule has 0 spiro atoms. The number of carbonyl (C=O) groups is 1. The number of hydrogen-bond acceptors (Lipinski definition) is 3. The lowest BCUT2D eigenvalue weighted by Gasteiger charge is -2.33. The molecule has 0 radical (unpaired) electrons. The van der Waals surface area contributed by atoms with Gasteiger partial charge < -0.3 is 4.74 Å². The maximum atomic E-state index is 12.1. The second-order valence-corrected chi connectivity index (χ2v) is 6.16. The summed E-state index contributed by atoms with van der Waals surface area (Å²) in [6.45, 7) is 0.880. The van der Waals surface area contributed by atoms with E-state index in [2.05, 4.69) is 29.2 Å². The lowest BCUT2D eigenvalue weighted by atomic mass is 9.96. The van der Waals surface area contributed by atoms with E-state index in [0.717, 1.165) is 18.4 Å². The van der Waals surface area contributed by atoms with Crippen molar-refractivity contribution in [3.63, 3.8) is 0 Å². The fourth-order valence-electron chi connectivity index (χ4n) is 4.44. The average molecular weight is 257 g/mol. The second-order valence-electron chi connectivity index (χ2n) is 6.16. The van der Waals surface area contributed by atoms with Gasteiger partial charge in [-0.2, -0.15) is 0 Å². The quantitative estimate of drug-likeness (QED) is 0.776. The van der Waals surface area contributed by atoms with Gasteiger partial charge in [0.2, 0.25) is 0 Å². The van der Waals surface area contributed by atoms with E-state index in [4.69, 9.17) is 4.74 Å². The van der Waals surface area contributed by atoms with Crippen molar-refractivity contribution < 1.29 is 9.53 Å². The van der Waals surface area contributed by atoms with Crippen LogP contribution in [0.3, 0.4) is 0 Å². The molecule has 3 fully saturated rings. The first-order valence-electron chi connectivity index (χ1n) is 7.17. The van der Waals surface area contributed by atoms with Gasteiger partial charge in [-0.3, -0.25) is 9.69 Å². The van der Waals surface area contributed by atoms with E-state index in [0.29, 0.717) is 12.0 Å². The Morgan fingerprint density at radius 2 is 2.00 bits per heavy atom. The Bertz CT molecular complexity index is 501. The van der Waals surface area contributed by atoms with Crippen LogP contribution >= 0.6 is 0 Å². The van der Waals surface area contributed by atoms with E-state index in [1.807, 2.05) is 6.07 Å². The molecule has 0 N–H and O–H groups in total. The van der Waals surface area contributed by atoms with Crippen molar-refractivity contribution in [1.29, 1.82) is 0 Å². The molecule has 2 bridgehead atoms. The third-order valence-electron chi connectivity index (χ3n) is 5.29. The van der Waals surface area contributed by atoms with Crippen molar-refractivity contribution in [3.05, 3.63) is 35.9 Å². The van der Waals surface area contributed by atoms with Crippen LogP contribution < -0.4 is 0 Å². The van der Waals surface area contributed by atoms with Gasteiger partial charge in [-0.15, -0.1) is 0 Å². The SMILES string of the molecule is COC(=O)C1C2CC(C3CC32)N1Cc1ccccc1. The molecule has 0 amide bonds. The highest BCUT2D eigenvalue weighted by atomic mass is 16.5. The van der Waals surface area contributed by atoms with Crippen LogP contribution in [0.5, 0.6) is 0 Å². The number of nitrogens with zero attached hydrogens (tertiary/aromatic N) is 1. The predicted molar refractivity (Wildman–Crippen MR) is 71.3 cm³/mol. The van der Waals surface area contributed by atoms with Crippen LogP contribution in [-0.4, -0.2) is 30.1 Å². The Morgan fingerprint density at radius 3 is 2.74 bits per heavy atom. The van der Waals surface area contributed by atoms with Crippen molar-refractivity contribution >= 4 is 5.97 Å². The summed E-state index contributed by atoms with van der Waals surface area (Å²) in [5.41, 5.74) is 1.29. The van der Waals surface area contributed by atoms with Gasteiger partial charge in [0.25, 0.3) is 0 Å². The molecule has 5 atom stereocenters. The summed E-state index contributed by atoms with van der Waals surface area (Å²) in [7, 11) is 1.51. The third kappa shape index (κ3) is 1.64. The number of carbonyl (C=O) groups excluding carboxylic acids is 1. The highest BCUT2D eigenvalue weighted by Gasteiger charge is 2.66. The average Bonchev–Trinajstić information content (AvgIpc) is 3.08. The van der Waals surface area contributed by atoms with Crippen molar-refractivity contribution in [1.82, 2.24) is 4.90 Å². The summed E-state index contributed by atoms with van der Waals surface area (Å²) in [5, 5.41) is 0. The smallest absolute Gasteiger partial charge is 0.323 e. The lowest BCUT2D eigenvalue weighted by molar-refractivity contribution is -0.149. The molecule has 1 aromatic carbocycles. The van der Waals surface area contributed by atoms with Crippen LogP contribution in [0.15, 0.2) is 30.3 Å². The van der Waals surface area contributed by atoms with Crippen LogP contribution in [0.4, 0.5) is 0 Å². The first-order valence-corrected chi connectivity index (χ1v) is 7.17. The van der Waals surface area contributed by atoms with E-state index in [9.17, 15) is 4.79 Å². The van der Waals surface area contributed by atoms with E-state index in [1.54, 1.807) is 0 Å². The minimum atomic E-state index is -0.0335. The number of piperidine rings is 1. The Morgan fingerprint density at radius 1 is 1.21 bits per heavy atom. The molecule has 1 aliphatic heterocycles. The molecule has 1 heterocycles. The lowest BCUT2D eigenvalue weighted by Crippen LogP contribution is -2.46. The molecule has 100 valence electrons. The van der Waals surface area contributed by atoms with Gasteiger partial charge >= 0.3 is 5.97 Å². The normalized spacial score (nSPS) is 39.1. The molecule has 2 aliphatic carbocycles. The predicted octanol–water partition coefficient (Wildman–Crippen LogP) is 2.07. The number of fused-ring (bicyclic) bond motifs is 5. The van der Waals surface area contributed by atoms with Crippen molar-refractivity contribution in [2.24, 2.45) is 17.8 Å². The maximum absolute atomic E-state index is 12.1. The molecule has 2 saturated carbocycles. The number of hydrogen-bond donors (Lipinski definition) is 0. The standard InChI is InChI=1S/C16H19NO2/c1-19-16(18)15-13-8-14(12-7-11(12)13)17(15)9-10-5-3-2-4-6-10/h2-6,11-15H,7-9H2,1H3. The highest BCUT2D eigenvalue weighted by Crippen LogP contribution is 2.63. The van der Waals surface area contributed by atoms with Gasteiger partial charge in [0.15, 0.2) is 0 Å². The summed E-state index contributed by atoms with van der Waals surface area (Å²) in [5.74, 6) is 2.18. The maximum Gasteiger partial charge on any atom is 0.323 e. The second kappa shape index (κ2) is 4.07. The summed E-state index contributed by atoms with van der Waals surface area (Å²) in [6.07, 6.45) is 2.52. The van der Waals surface area contributed by atoms with Gasteiger partial charge in [0.05, 0.1) is 7.11 Å². The number of likely N-dealkylation sites (tertiary alicyclic amines) is 1. The fraction of sp³-hybridized carbons (Fsp3) is 0.562. The minimum Gasteiger partial charge on any atom is -0.468 e. The van der Waals surface area contributed by atoms with E-state index < -0.39 is 0 Å². The molecule has 1 aromatic rings. The zero-order chi connectivity index (χ0) is 13.0. The summed E-state index contributed by atoms with van der Waals surface area (Å²) in [4.78, 5) is 14.5. The molecule has 4 rings (SSSR count). The molecule has 5 unspecified atom stereocenters. The Balaban J connectivity index is 1.60. The third-order valence-corrected chi connectivity index (χ3v) is 5.29. The van der Waals surface area contributed by atoms with E-state index in [1.165, 1.54) is 25.5 Å². The molecule has 3 heteroatoms.